The molecule has 2 aliphatic carbocycles. The van der Waals surface area contributed by atoms with Crippen LogP contribution in [-0.2, 0) is 4.79 Å². The molecule has 2 rings (SSSR count). The van der Waals surface area contributed by atoms with E-state index < -0.39 is 0 Å². The lowest BCUT2D eigenvalue weighted by molar-refractivity contribution is -0.140. The molecular weight excluding hydrogens is 224 g/mol. The summed E-state index contributed by atoms with van der Waals surface area (Å²) in [5.41, 5.74) is 6.29. The molecule has 4 unspecified atom stereocenters. The van der Waals surface area contributed by atoms with E-state index in [1.165, 1.54) is 19.3 Å². The third-order valence-corrected chi connectivity index (χ3v) is 4.73. The molecule has 0 saturated heterocycles. The van der Waals surface area contributed by atoms with Crippen LogP contribution in [0, 0.1) is 23.7 Å². The molecule has 3 nitrogen and oxygen atoms in total. The first-order valence-electron chi connectivity index (χ1n) is 7.47. The zero-order valence-electron chi connectivity index (χ0n) is 12.2. The van der Waals surface area contributed by atoms with Crippen molar-refractivity contribution in [1.82, 2.24) is 4.90 Å². The topological polar surface area (TPSA) is 46.3 Å². The van der Waals surface area contributed by atoms with Crippen molar-refractivity contribution in [3.63, 3.8) is 0 Å². The van der Waals surface area contributed by atoms with E-state index in [4.69, 9.17) is 5.73 Å². The fourth-order valence-electron chi connectivity index (χ4n) is 3.84. The van der Waals surface area contributed by atoms with Gasteiger partial charge in [-0.1, -0.05) is 13.8 Å². The largest absolute Gasteiger partial charge is 0.340 e. The molecule has 3 heteroatoms. The normalized spacial score (nSPS) is 34.6. The molecule has 104 valence electrons. The van der Waals surface area contributed by atoms with E-state index in [0.717, 1.165) is 6.54 Å². The van der Waals surface area contributed by atoms with E-state index >= 15 is 0 Å². The van der Waals surface area contributed by atoms with Crippen molar-refractivity contribution >= 4 is 5.91 Å². The average molecular weight is 252 g/mol. The van der Waals surface area contributed by atoms with Crippen molar-refractivity contribution in [1.29, 1.82) is 0 Å². The molecule has 0 aromatic rings. The van der Waals surface area contributed by atoms with Crippen molar-refractivity contribution in [2.75, 3.05) is 6.54 Å². The summed E-state index contributed by atoms with van der Waals surface area (Å²) in [6, 6.07) is 0.399. The number of rotatable bonds is 4. The minimum absolute atomic E-state index is 0.102. The second-order valence-electron chi connectivity index (χ2n) is 6.91. The molecule has 0 aromatic heterocycles. The van der Waals surface area contributed by atoms with Gasteiger partial charge in [0.2, 0.25) is 5.91 Å². The first kappa shape index (κ1) is 13.9. The Morgan fingerprint density at radius 3 is 2.28 bits per heavy atom. The maximum atomic E-state index is 12.8. The number of carbonyl (C=O) groups excluding carboxylic acids is 1. The molecule has 2 fully saturated rings. The first-order valence-corrected chi connectivity index (χ1v) is 7.47. The Morgan fingerprint density at radius 1 is 1.22 bits per heavy atom. The summed E-state index contributed by atoms with van der Waals surface area (Å²) in [6.45, 7) is 9.42. The fourth-order valence-corrected chi connectivity index (χ4v) is 3.84. The molecule has 0 radical (unpaired) electrons. The van der Waals surface area contributed by atoms with Crippen molar-refractivity contribution < 1.29 is 4.79 Å². The zero-order chi connectivity index (χ0) is 13.4. The monoisotopic (exact) mass is 252 g/mol. The second kappa shape index (κ2) is 5.20. The molecule has 18 heavy (non-hydrogen) atoms. The van der Waals surface area contributed by atoms with Crippen LogP contribution in [0.25, 0.3) is 0 Å². The lowest BCUT2D eigenvalue weighted by atomic mass is 9.83. The molecule has 0 aromatic carbocycles. The SMILES string of the molecule is CC(C)CN(C(=O)C1C2CCC(C2)C1N)C(C)C. The van der Waals surface area contributed by atoms with E-state index in [0.29, 0.717) is 23.7 Å². The molecule has 0 spiro atoms. The molecule has 2 bridgehead atoms. The predicted octanol–water partition coefficient (Wildman–Crippen LogP) is 2.25. The molecule has 0 aliphatic heterocycles. The maximum absolute atomic E-state index is 12.8. The van der Waals surface area contributed by atoms with Gasteiger partial charge in [-0.15, -0.1) is 0 Å². The van der Waals surface area contributed by atoms with Gasteiger partial charge in [0, 0.05) is 18.6 Å². The minimum atomic E-state index is 0.102. The number of carbonyl (C=O) groups is 1. The predicted molar refractivity (Wildman–Crippen MR) is 74.0 cm³/mol. The van der Waals surface area contributed by atoms with Crippen LogP contribution in [0.5, 0.6) is 0 Å². The smallest absolute Gasteiger partial charge is 0.227 e. The Labute approximate surface area is 111 Å². The van der Waals surface area contributed by atoms with Crippen molar-refractivity contribution in [2.24, 2.45) is 29.4 Å². The highest BCUT2D eigenvalue weighted by molar-refractivity contribution is 5.81. The quantitative estimate of drug-likeness (QED) is 0.834. The Morgan fingerprint density at radius 2 is 1.83 bits per heavy atom. The third kappa shape index (κ3) is 2.42. The second-order valence-corrected chi connectivity index (χ2v) is 6.91. The van der Waals surface area contributed by atoms with Crippen LogP contribution in [0.4, 0.5) is 0 Å². The van der Waals surface area contributed by atoms with Gasteiger partial charge in [0.05, 0.1) is 5.92 Å². The molecule has 2 saturated carbocycles. The number of nitrogens with two attached hydrogens (primary N) is 1. The summed E-state index contributed by atoms with van der Waals surface area (Å²) < 4.78 is 0. The van der Waals surface area contributed by atoms with Crippen molar-refractivity contribution in [3.05, 3.63) is 0 Å². The van der Waals surface area contributed by atoms with Gasteiger partial charge in [0.15, 0.2) is 0 Å². The maximum Gasteiger partial charge on any atom is 0.227 e. The van der Waals surface area contributed by atoms with Crippen LogP contribution >= 0.6 is 0 Å². The summed E-state index contributed by atoms with van der Waals surface area (Å²) in [5.74, 6) is 2.11. The van der Waals surface area contributed by atoms with Gasteiger partial charge in [0.25, 0.3) is 0 Å². The molecule has 2 N–H and O–H groups in total. The van der Waals surface area contributed by atoms with Crippen LogP contribution in [0.2, 0.25) is 0 Å². The first-order chi connectivity index (χ1) is 8.41. The summed E-state index contributed by atoms with van der Waals surface area (Å²) in [4.78, 5) is 14.8. The van der Waals surface area contributed by atoms with Gasteiger partial charge in [-0.2, -0.15) is 0 Å². The fraction of sp³-hybridized carbons (Fsp3) is 0.933. The number of hydrogen-bond acceptors (Lipinski definition) is 2. The highest BCUT2D eigenvalue weighted by atomic mass is 16.2. The average Bonchev–Trinajstić information content (AvgIpc) is 2.84. The van der Waals surface area contributed by atoms with Gasteiger partial charge in [-0.05, 0) is 50.9 Å². The number of nitrogens with zero attached hydrogens (tertiary/aromatic N) is 1. The van der Waals surface area contributed by atoms with E-state index in [1.807, 2.05) is 0 Å². The summed E-state index contributed by atoms with van der Waals surface area (Å²) >= 11 is 0. The summed E-state index contributed by atoms with van der Waals surface area (Å²) in [6.07, 6.45) is 3.63. The third-order valence-electron chi connectivity index (χ3n) is 4.73. The van der Waals surface area contributed by atoms with Crippen LogP contribution < -0.4 is 5.73 Å². The molecule has 0 heterocycles. The molecule has 4 atom stereocenters. The summed E-state index contributed by atoms with van der Waals surface area (Å²) in [5, 5.41) is 0. The Kier molecular flexibility index (Phi) is 4.00. The minimum Gasteiger partial charge on any atom is -0.340 e. The highest BCUT2D eigenvalue weighted by Crippen LogP contribution is 2.48. The number of amides is 1. The standard InChI is InChI=1S/C15H28N2O/c1-9(2)8-17(10(3)4)15(18)13-11-5-6-12(7-11)14(13)16/h9-14H,5-8,16H2,1-4H3. The van der Waals surface area contributed by atoms with E-state index in [9.17, 15) is 4.79 Å². The van der Waals surface area contributed by atoms with Crippen LogP contribution in [0.15, 0.2) is 0 Å². The van der Waals surface area contributed by atoms with Gasteiger partial charge in [0.1, 0.15) is 0 Å². The van der Waals surface area contributed by atoms with E-state index in [2.05, 4.69) is 32.6 Å². The zero-order valence-corrected chi connectivity index (χ0v) is 12.2. The Hall–Kier alpha value is -0.570. The van der Waals surface area contributed by atoms with Gasteiger partial charge >= 0.3 is 0 Å². The van der Waals surface area contributed by atoms with Gasteiger partial charge < -0.3 is 10.6 Å². The van der Waals surface area contributed by atoms with Gasteiger partial charge in [-0.25, -0.2) is 0 Å². The number of fused-ring (bicyclic) bond motifs is 2. The lowest BCUT2D eigenvalue weighted by Gasteiger charge is -2.35. The lowest BCUT2D eigenvalue weighted by Crippen LogP contribution is -2.50. The molecule has 2 aliphatic rings. The van der Waals surface area contributed by atoms with Crippen LogP contribution in [-0.4, -0.2) is 29.4 Å². The van der Waals surface area contributed by atoms with E-state index in [-0.39, 0.29) is 18.0 Å². The van der Waals surface area contributed by atoms with Crippen LogP contribution in [0.3, 0.4) is 0 Å². The van der Waals surface area contributed by atoms with E-state index in [1.54, 1.807) is 0 Å². The Balaban J connectivity index is 2.09. The summed E-state index contributed by atoms with van der Waals surface area (Å²) in [7, 11) is 0. The number of hydrogen-bond donors (Lipinski definition) is 1. The molecular formula is C15H28N2O. The highest BCUT2D eigenvalue weighted by Gasteiger charge is 2.50. The Bertz CT molecular complexity index is 312. The molecule has 1 amide bonds. The van der Waals surface area contributed by atoms with Gasteiger partial charge in [-0.3, -0.25) is 4.79 Å². The van der Waals surface area contributed by atoms with Crippen molar-refractivity contribution in [2.45, 2.75) is 59.0 Å². The van der Waals surface area contributed by atoms with Crippen LogP contribution in [0.1, 0.15) is 47.0 Å². The van der Waals surface area contributed by atoms with Crippen molar-refractivity contribution in [3.8, 4) is 0 Å².